The van der Waals surface area contributed by atoms with Crippen LogP contribution >= 0.6 is 0 Å². The number of hydrogen-bond donors (Lipinski definition) is 0. The molecule has 3 aromatic rings. The summed E-state index contributed by atoms with van der Waals surface area (Å²) in [5.41, 5.74) is 4.33. The number of ether oxygens (including phenoxy) is 2. The fourth-order valence-corrected chi connectivity index (χ4v) is 6.92. The van der Waals surface area contributed by atoms with E-state index in [0.717, 1.165) is 30.0 Å². The lowest BCUT2D eigenvalue weighted by molar-refractivity contribution is -0.127. The number of piperazine rings is 1. The highest BCUT2D eigenvalue weighted by molar-refractivity contribution is 5.97. The number of fused-ring (bicyclic) bond motifs is 2. The molecule has 3 aliphatic heterocycles. The highest BCUT2D eigenvalue weighted by Crippen LogP contribution is 2.36. The number of benzene rings is 2. The van der Waals surface area contributed by atoms with Crippen molar-refractivity contribution in [3.05, 3.63) is 53.2 Å². The van der Waals surface area contributed by atoms with E-state index in [4.69, 9.17) is 19.4 Å². The minimum Gasteiger partial charge on any atom is -0.462 e. The van der Waals surface area contributed by atoms with E-state index in [-0.39, 0.29) is 37.0 Å². The third-order valence-corrected chi connectivity index (χ3v) is 9.28. The van der Waals surface area contributed by atoms with Gasteiger partial charge in [0.05, 0.1) is 30.8 Å². The van der Waals surface area contributed by atoms with Crippen LogP contribution in [0.3, 0.4) is 0 Å². The number of aryl methyl sites for hydroxylation is 1. The summed E-state index contributed by atoms with van der Waals surface area (Å²) < 4.78 is 25.3. The number of hydrogen-bond acceptors (Lipinski definition) is 9. The molecule has 0 N–H and O–H groups in total. The Morgan fingerprint density at radius 2 is 1.91 bits per heavy atom. The van der Waals surface area contributed by atoms with Crippen molar-refractivity contribution in [3.8, 4) is 23.9 Å². The number of halogens is 1. The normalized spacial score (nSPS) is 21.5. The van der Waals surface area contributed by atoms with Gasteiger partial charge in [-0.3, -0.25) is 9.69 Å². The number of alkyl halides is 1. The number of nitrogens with zero attached hydrogens (tertiary/aromatic N) is 7. The average Bonchev–Trinajstić information content (AvgIpc) is 3.39. The number of aromatic nitrogens is 2. The molecule has 0 radical (unpaired) electrons. The van der Waals surface area contributed by atoms with Crippen LogP contribution in [0.15, 0.2) is 36.4 Å². The second-order valence-corrected chi connectivity index (χ2v) is 12.3. The van der Waals surface area contributed by atoms with E-state index in [0.29, 0.717) is 45.8 Å². The van der Waals surface area contributed by atoms with Crippen molar-refractivity contribution in [2.45, 2.75) is 51.0 Å². The van der Waals surface area contributed by atoms with E-state index in [2.05, 4.69) is 71.0 Å². The van der Waals surface area contributed by atoms with Crippen LogP contribution in [0.25, 0.3) is 10.8 Å². The summed E-state index contributed by atoms with van der Waals surface area (Å²) in [6, 6.07) is 14.9. The smallest absolute Gasteiger partial charge is 0.318 e. The first-order valence-electron chi connectivity index (χ1n) is 15.9. The molecule has 3 aliphatic rings. The predicted octanol–water partition coefficient (Wildman–Crippen LogP) is 3.50. The molecule has 0 unspecified atom stereocenters. The van der Waals surface area contributed by atoms with E-state index in [1.54, 1.807) is 4.90 Å². The van der Waals surface area contributed by atoms with E-state index >= 15 is 0 Å². The first-order chi connectivity index (χ1) is 22.4. The maximum Gasteiger partial charge on any atom is 0.318 e. The lowest BCUT2D eigenvalue weighted by Gasteiger charge is -2.41. The van der Waals surface area contributed by atoms with E-state index in [1.807, 2.05) is 11.9 Å². The molecule has 11 heteroatoms. The van der Waals surface area contributed by atoms with Gasteiger partial charge in [0.1, 0.15) is 25.2 Å². The first-order valence-corrected chi connectivity index (χ1v) is 15.9. The molecule has 0 spiro atoms. The van der Waals surface area contributed by atoms with Crippen molar-refractivity contribution in [1.29, 1.82) is 5.26 Å². The lowest BCUT2D eigenvalue weighted by atomic mass is 9.99. The maximum absolute atomic E-state index is 14.1. The van der Waals surface area contributed by atoms with Gasteiger partial charge in [0.25, 0.3) is 5.91 Å². The minimum atomic E-state index is -0.869. The Morgan fingerprint density at radius 3 is 2.67 bits per heavy atom. The number of methoxy groups -OCH3 is 1. The minimum absolute atomic E-state index is 0.0537. The average molecular weight is 626 g/mol. The summed E-state index contributed by atoms with van der Waals surface area (Å²) in [6.45, 7) is 5.75. The summed E-state index contributed by atoms with van der Waals surface area (Å²) in [4.78, 5) is 31.0. The van der Waals surface area contributed by atoms with Crippen LogP contribution < -0.4 is 14.5 Å². The van der Waals surface area contributed by atoms with Gasteiger partial charge in [-0.1, -0.05) is 36.3 Å². The summed E-state index contributed by atoms with van der Waals surface area (Å²) in [5.74, 6) is 5.85. The quantitative estimate of drug-likeness (QED) is 0.366. The zero-order valence-corrected chi connectivity index (χ0v) is 26.7. The van der Waals surface area contributed by atoms with E-state index in [1.165, 1.54) is 29.1 Å². The summed E-state index contributed by atoms with van der Waals surface area (Å²) in [7, 11) is 3.44. The molecule has 240 valence electrons. The molecule has 46 heavy (non-hydrogen) atoms. The SMILES string of the molecule is COCC#CC(=O)N1CCN(c2nc(OC[C@H]3C[C@@H](F)CN3C)nc3c2CCN(c2cccc4cccc(C)c24)C3)C[C@@H]1CC#N. The second-order valence-electron chi connectivity index (χ2n) is 12.3. The molecule has 0 saturated carbocycles. The number of likely N-dealkylation sites (tertiary alicyclic amines) is 1. The molecule has 2 fully saturated rings. The van der Waals surface area contributed by atoms with Crippen LogP contribution in [0.1, 0.15) is 29.7 Å². The Bertz CT molecular complexity index is 1690. The highest BCUT2D eigenvalue weighted by Gasteiger charge is 2.34. The zero-order valence-electron chi connectivity index (χ0n) is 26.7. The van der Waals surface area contributed by atoms with Gasteiger partial charge in [-0.25, -0.2) is 4.39 Å². The van der Waals surface area contributed by atoms with Crippen LogP contribution in [-0.4, -0.2) is 104 Å². The summed E-state index contributed by atoms with van der Waals surface area (Å²) in [6.07, 6.45) is 0.456. The highest BCUT2D eigenvalue weighted by atomic mass is 19.1. The lowest BCUT2D eigenvalue weighted by Crippen LogP contribution is -2.55. The molecule has 2 saturated heterocycles. The first kappa shape index (κ1) is 31.5. The molecule has 3 atom stereocenters. The van der Waals surface area contributed by atoms with Crippen molar-refractivity contribution in [2.75, 3.05) is 69.9 Å². The number of anilines is 2. The number of carbonyl (C=O) groups is 1. The van der Waals surface area contributed by atoms with Gasteiger partial charge in [0, 0.05) is 62.5 Å². The van der Waals surface area contributed by atoms with Crippen molar-refractivity contribution in [2.24, 2.45) is 0 Å². The Morgan fingerprint density at radius 1 is 1.09 bits per heavy atom. The molecule has 1 aromatic heterocycles. The van der Waals surface area contributed by atoms with E-state index < -0.39 is 6.17 Å². The fourth-order valence-electron chi connectivity index (χ4n) is 6.92. The molecule has 4 heterocycles. The van der Waals surface area contributed by atoms with Gasteiger partial charge in [-0.15, -0.1) is 0 Å². The van der Waals surface area contributed by atoms with Crippen LogP contribution in [0.2, 0.25) is 0 Å². The maximum atomic E-state index is 14.1. The largest absolute Gasteiger partial charge is 0.462 e. The molecular formula is C35H40FN7O3. The third kappa shape index (κ3) is 6.57. The van der Waals surface area contributed by atoms with Gasteiger partial charge >= 0.3 is 6.01 Å². The summed E-state index contributed by atoms with van der Waals surface area (Å²) >= 11 is 0. The second kappa shape index (κ2) is 13.9. The topological polar surface area (TPSA) is 98.1 Å². The molecule has 1 amide bonds. The molecule has 10 nitrogen and oxygen atoms in total. The van der Waals surface area contributed by atoms with Crippen molar-refractivity contribution < 1.29 is 18.7 Å². The molecule has 6 rings (SSSR count). The monoisotopic (exact) mass is 625 g/mol. The number of rotatable bonds is 7. The van der Waals surface area contributed by atoms with Gasteiger partial charge in [-0.05, 0) is 49.7 Å². The van der Waals surface area contributed by atoms with Crippen LogP contribution in [0.5, 0.6) is 6.01 Å². The van der Waals surface area contributed by atoms with Crippen molar-refractivity contribution in [3.63, 3.8) is 0 Å². The number of nitriles is 1. The number of carbonyl (C=O) groups excluding carboxylic acids is 1. The predicted molar refractivity (Wildman–Crippen MR) is 174 cm³/mol. The molecule has 2 aromatic carbocycles. The molecule has 0 aliphatic carbocycles. The molecular weight excluding hydrogens is 585 g/mol. The van der Waals surface area contributed by atoms with Crippen LogP contribution in [0, 0.1) is 30.1 Å². The van der Waals surface area contributed by atoms with Crippen LogP contribution in [-0.2, 0) is 22.5 Å². The fraction of sp³-hybridized carbons (Fsp3) is 0.486. The standard InChI is InChI=1S/C35H40FN7O3/c1-24-7-4-8-25-9-5-10-31(33(24)25)41-15-13-29-30(22-41)38-35(46-23-28-19-26(36)20-40(28)2)39-34(29)42-16-17-43(27(21-42)12-14-37)32(44)11-6-18-45-3/h4-5,7-10,26-28H,12-13,15-23H2,1-3H3/t26-,27+,28-/m1/s1. The molecule has 0 bridgehead atoms. The van der Waals surface area contributed by atoms with Crippen molar-refractivity contribution >= 4 is 28.2 Å². The number of amides is 1. The Hall–Kier alpha value is -4.45. The van der Waals surface area contributed by atoms with Gasteiger partial charge in [0.2, 0.25) is 0 Å². The van der Waals surface area contributed by atoms with Gasteiger partial charge in [-0.2, -0.15) is 15.2 Å². The Balaban J connectivity index is 1.31. The third-order valence-electron chi connectivity index (χ3n) is 9.28. The van der Waals surface area contributed by atoms with Gasteiger partial charge < -0.3 is 24.2 Å². The zero-order chi connectivity index (χ0) is 32.2. The summed E-state index contributed by atoms with van der Waals surface area (Å²) in [5, 5.41) is 12.1. The van der Waals surface area contributed by atoms with E-state index in [9.17, 15) is 14.4 Å². The Labute approximate surface area is 269 Å². The number of likely N-dealkylation sites (N-methyl/N-ethyl adjacent to an activating group) is 1. The van der Waals surface area contributed by atoms with Gasteiger partial charge in [0.15, 0.2) is 0 Å². The van der Waals surface area contributed by atoms with Crippen molar-refractivity contribution in [1.82, 2.24) is 19.8 Å². The van der Waals surface area contributed by atoms with Crippen LogP contribution in [0.4, 0.5) is 15.9 Å². The Kier molecular flexibility index (Phi) is 9.53.